The molecule has 0 saturated carbocycles. The van der Waals surface area contributed by atoms with Crippen molar-refractivity contribution in [2.75, 3.05) is 6.54 Å². The molecule has 0 atom stereocenters. The first-order valence-corrected chi connectivity index (χ1v) is 5.73. The fourth-order valence-corrected chi connectivity index (χ4v) is 1.53. The summed E-state index contributed by atoms with van der Waals surface area (Å²) in [4.78, 5) is 11.4. The summed E-state index contributed by atoms with van der Waals surface area (Å²) in [5, 5.41) is 2.77. The van der Waals surface area contributed by atoms with E-state index in [1.165, 1.54) is 5.56 Å². The monoisotopic (exact) mass is 289 g/mol. The van der Waals surface area contributed by atoms with E-state index >= 15 is 0 Å². The zero-order chi connectivity index (χ0) is 9.68. The van der Waals surface area contributed by atoms with E-state index in [1.807, 2.05) is 31.2 Å². The van der Waals surface area contributed by atoms with Crippen LogP contribution in [0.1, 0.15) is 22.8 Å². The first kappa shape index (κ1) is 10.5. The molecule has 0 spiro atoms. The van der Waals surface area contributed by atoms with Gasteiger partial charge >= 0.3 is 0 Å². The summed E-state index contributed by atoms with van der Waals surface area (Å²) in [5.41, 5.74) is 1.93. The molecule has 0 saturated heterocycles. The number of alkyl halides is 1. The van der Waals surface area contributed by atoms with Crippen molar-refractivity contribution < 1.29 is 4.79 Å². The van der Waals surface area contributed by atoms with E-state index < -0.39 is 0 Å². The van der Waals surface area contributed by atoms with Gasteiger partial charge in [-0.2, -0.15) is 0 Å². The zero-order valence-corrected chi connectivity index (χ0v) is 9.67. The van der Waals surface area contributed by atoms with Crippen LogP contribution in [0.2, 0.25) is 0 Å². The van der Waals surface area contributed by atoms with Crippen LogP contribution in [0.3, 0.4) is 0 Å². The third kappa shape index (κ3) is 2.99. The second-order valence-electron chi connectivity index (χ2n) is 2.69. The largest absolute Gasteiger partial charge is 0.352 e. The molecule has 0 aliphatic carbocycles. The first-order chi connectivity index (χ1) is 6.27. The third-order valence-electron chi connectivity index (χ3n) is 1.68. The van der Waals surface area contributed by atoms with Gasteiger partial charge in [0, 0.05) is 16.5 Å². The van der Waals surface area contributed by atoms with Gasteiger partial charge in [0.25, 0.3) is 5.91 Å². The highest BCUT2D eigenvalue weighted by molar-refractivity contribution is 14.1. The molecule has 2 nitrogen and oxygen atoms in total. The number of rotatable bonds is 3. The molecule has 0 aliphatic rings. The van der Waals surface area contributed by atoms with Gasteiger partial charge < -0.3 is 5.32 Å². The highest BCUT2D eigenvalue weighted by Gasteiger charge is 2.03. The second-order valence-corrected chi connectivity index (χ2v) is 3.46. The second kappa shape index (κ2) is 5.21. The smallest absolute Gasteiger partial charge is 0.251 e. The Balaban J connectivity index is 2.82. The van der Waals surface area contributed by atoms with E-state index in [2.05, 4.69) is 27.9 Å². The molecule has 1 rings (SSSR count). The standard InChI is InChI=1S/C10H12INO/c1-2-12-10(13)9-5-3-4-8(6-9)7-11/h3-6H,2,7H2,1H3,(H,12,13). The maximum absolute atomic E-state index is 11.4. The van der Waals surface area contributed by atoms with E-state index in [-0.39, 0.29) is 5.91 Å². The van der Waals surface area contributed by atoms with Crippen molar-refractivity contribution >= 4 is 28.5 Å². The van der Waals surface area contributed by atoms with Gasteiger partial charge in [0.1, 0.15) is 0 Å². The lowest BCUT2D eigenvalue weighted by Crippen LogP contribution is -2.22. The average molecular weight is 289 g/mol. The van der Waals surface area contributed by atoms with Crippen LogP contribution >= 0.6 is 22.6 Å². The Hall–Kier alpha value is -0.580. The van der Waals surface area contributed by atoms with Crippen molar-refractivity contribution in [3.8, 4) is 0 Å². The molecule has 1 aromatic carbocycles. The fraction of sp³-hybridized carbons (Fsp3) is 0.300. The van der Waals surface area contributed by atoms with Crippen LogP contribution in [-0.2, 0) is 4.43 Å². The number of carbonyl (C=O) groups is 1. The summed E-state index contributed by atoms with van der Waals surface area (Å²) in [5.74, 6) is 0.00852. The fourth-order valence-electron chi connectivity index (χ4n) is 1.06. The molecule has 0 aliphatic heterocycles. The molecule has 70 valence electrons. The van der Waals surface area contributed by atoms with Gasteiger partial charge in [0.2, 0.25) is 0 Å². The third-order valence-corrected chi connectivity index (χ3v) is 2.56. The predicted molar refractivity (Wildman–Crippen MR) is 62.2 cm³/mol. The van der Waals surface area contributed by atoms with E-state index in [9.17, 15) is 4.79 Å². The molecule has 0 fully saturated rings. The number of hydrogen-bond donors (Lipinski definition) is 1. The van der Waals surface area contributed by atoms with Crippen molar-refractivity contribution in [1.82, 2.24) is 5.32 Å². The van der Waals surface area contributed by atoms with Crippen LogP contribution < -0.4 is 5.32 Å². The van der Waals surface area contributed by atoms with Gasteiger partial charge in [-0.05, 0) is 24.6 Å². The Morgan fingerprint density at radius 1 is 1.54 bits per heavy atom. The summed E-state index contributed by atoms with van der Waals surface area (Å²) in [6.07, 6.45) is 0. The van der Waals surface area contributed by atoms with E-state index in [0.29, 0.717) is 6.54 Å². The molecular formula is C10H12INO. The lowest BCUT2D eigenvalue weighted by Gasteiger charge is -2.02. The van der Waals surface area contributed by atoms with Gasteiger partial charge in [-0.25, -0.2) is 0 Å². The summed E-state index contributed by atoms with van der Waals surface area (Å²) >= 11 is 2.28. The van der Waals surface area contributed by atoms with Crippen LogP contribution in [-0.4, -0.2) is 12.5 Å². The number of carbonyl (C=O) groups excluding carboxylic acids is 1. The van der Waals surface area contributed by atoms with Gasteiger partial charge in [-0.1, -0.05) is 34.7 Å². The number of hydrogen-bond acceptors (Lipinski definition) is 1. The van der Waals surface area contributed by atoms with Crippen LogP contribution in [0.25, 0.3) is 0 Å². The SMILES string of the molecule is CCNC(=O)c1cccc(CI)c1. The van der Waals surface area contributed by atoms with Crippen molar-refractivity contribution in [2.24, 2.45) is 0 Å². The summed E-state index contributed by atoms with van der Waals surface area (Å²) in [6, 6.07) is 7.70. The highest BCUT2D eigenvalue weighted by atomic mass is 127. The Labute approximate surface area is 91.9 Å². The molecule has 1 N–H and O–H groups in total. The van der Waals surface area contributed by atoms with Crippen molar-refractivity contribution in [3.63, 3.8) is 0 Å². The molecule has 0 aromatic heterocycles. The summed E-state index contributed by atoms with van der Waals surface area (Å²) in [6.45, 7) is 2.59. The van der Waals surface area contributed by atoms with Crippen molar-refractivity contribution in [2.45, 2.75) is 11.4 Å². The summed E-state index contributed by atoms with van der Waals surface area (Å²) in [7, 11) is 0. The van der Waals surface area contributed by atoms with Gasteiger partial charge in [0.05, 0.1) is 0 Å². The Morgan fingerprint density at radius 2 is 2.31 bits per heavy atom. The number of halogens is 1. The molecule has 3 heteroatoms. The Bertz CT molecular complexity index is 299. The number of nitrogens with one attached hydrogen (secondary N) is 1. The molecule has 1 amide bonds. The van der Waals surface area contributed by atoms with Gasteiger partial charge in [-0.15, -0.1) is 0 Å². The van der Waals surface area contributed by atoms with E-state index in [4.69, 9.17) is 0 Å². The quantitative estimate of drug-likeness (QED) is 0.672. The van der Waals surface area contributed by atoms with Crippen molar-refractivity contribution in [3.05, 3.63) is 35.4 Å². The minimum absolute atomic E-state index is 0.00852. The highest BCUT2D eigenvalue weighted by Crippen LogP contribution is 2.08. The molecular weight excluding hydrogens is 277 g/mol. The topological polar surface area (TPSA) is 29.1 Å². The average Bonchev–Trinajstić information content (AvgIpc) is 2.18. The van der Waals surface area contributed by atoms with E-state index in [0.717, 1.165) is 9.99 Å². The van der Waals surface area contributed by atoms with Crippen molar-refractivity contribution in [1.29, 1.82) is 0 Å². The predicted octanol–water partition coefficient (Wildman–Crippen LogP) is 2.37. The molecule has 0 unspecified atom stereocenters. The minimum Gasteiger partial charge on any atom is -0.352 e. The van der Waals surface area contributed by atoms with Crippen LogP contribution in [0, 0.1) is 0 Å². The van der Waals surface area contributed by atoms with E-state index in [1.54, 1.807) is 0 Å². The molecule has 0 radical (unpaired) electrons. The summed E-state index contributed by atoms with van der Waals surface area (Å²) < 4.78 is 0.936. The molecule has 1 aromatic rings. The van der Waals surface area contributed by atoms with Crippen LogP contribution in [0.4, 0.5) is 0 Å². The molecule has 13 heavy (non-hydrogen) atoms. The first-order valence-electron chi connectivity index (χ1n) is 4.21. The van der Waals surface area contributed by atoms with Crippen LogP contribution in [0.5, 0.6) is 0 Å². The normalized spacial score (nSPS) is 9.69. The lowest BCUT2D eigenvalue weighted by atomic mass is 10.1. The number of benzene rings is 1. The maximum Gasteiger partial charge on any atom is 0.251 e. The number of amides is 1. The van der Waals surface area contributed by atoms with Crippen LogP contribution in [0.15, 0.2) is 24.3 Å². The molecule has 0 bridgehead atoms. The lowest BCUT2D eigenvalue weighted by molar-refractivity contribution is 0.0956. The Morgan fingerprint density at radius 3 is 2.92 bits per heavy atom. The van der Waals surface area contributed by atoms with Gasteiger partial charge in [0.15, 0.2) is 0 Å². The maximum atomic E-state index is 11.4. The zero-order valence-electron chi connectivity index (χ0n) is 7.51. The Kier molecular flexibility index (Phi) is 4.21. The van der Waals surface area contributed by atoms with Gasteiger partial charge in [-0.3, -0.25) is 4.79 Å². The minimum atomic E-state index is 0.00852. The molecule has 0 heterocycles.